The Bertz CT molecular complexity index is 570. The van der Waals surface area contributed by atoms with Crippen LogP contribution in [-0.4, -0.2) is 5.11 Å². The van der Waals surface area contributed by atoms with E-state index in [-0.39, 0.29) is 6.04 Å². The summed E-state index contributed by atoms with van der Waals surface area (Å²) < 4.78 is 0. The van der Waals surface area contributed by atoms with Gasteiger partial charge in [0.1, 0.15) is 0 Å². The quantitative estimate of drug-likeness (QED) is 0.813. The number of aliphatic hydroxyl groups is 1. The summed E-state index contributed by atoms with van der Waals surface area (Å²) in [5.41, 5.74) is 3.08. The Hall–Kier alpha value is -1.51. The topological polar surface area (TPSA) is 32.3 Å². The van der Waals surface area contributed by atoms with E-state index in [0.717, 1.165) is 21.8 Å². The normalized spacial score (nSPS) is 22.1. The van der Waals surface area contributed by atoms with Gasteiger partial charge < -0.3 is 10.4 Å². The Morgan fingerprint density at radius 1 is 1.11 bits per heavy atom. The molecule has 2 nitrogen and oxygen atoms in total. The molecule has 0 amide bonds. The highest BCUT2D eigenvalue weighted by molar-refractivity contribution is 6.30. The maximum absolute atomic E-state index is 10.2. The molecule has 18 heavy (non-hydrogen) atoms. The second-order valence-corrected chi connectivity index (χ2v) is 5.03. The van der Waals surface area contributed by atoms with Gasteiger partial charge in [-0.15, -0.1) is 0 Å². The number of aliphatic hydroxyl groups excluding tert-OH is 1. The highest BCUT2D eigenvalue weighted by Crippen LogP contribution is 2.38. The first-order valence-corrected chi connectivity index (χ1v) is 6.41. The van der Waals surface area contributed by atoms with Crippen molar-refractivity contribution in [2.45, 2.75) is 18.6 Å². The number of nitrogens with one attached hydrogen (secondary N) is 1. The first-order chi connectivity index (χ1) is 8.74. The standard InChI is InChI=1S/C15H14ClNO/c16-11-5-3-4-10(8-11)14-9-15(18)12-6-1-2-7-13(12)17-14/h1-8,14-15,17-18H,9H2. The van der Waals surface area contributed by atoms with Crippen molar-refractivity contribution in [3.8, 4) is 0 Å². The maximum Gasteiger partial charge on any atom is 0.0832 e. The van der Waals surface area contributed by atoms with Crippen LogP contribution in [0.25, 0.3) is 0 Å². The average Bonchev–Trinajstić information content (AvgIpc) is 2.39. The van der Waals surface area contributed by atoms with Crippen molar-refractivity contribution >= 4 is 17.3 Å². The molecule has 0 aromatic heterocycles. The summed E-state index contributed by atoms with van der Waals surface area (Å²) in [5, 5.41) is 14.4. The Morgan fingerprint density at radius 2 is 1.94 bits per heavy atom. The van der Waals surface area contributed by atoms with E-state index >= 15 is 0 Å². The van der Waals surface area contributed by atoms with Crippen LogP contribution in [0.2, 0.25) is 5.02 Å². The molecule has 2 aromatic rings. The minimum atomic E-state index is -0.425. The highest BCUT2D eigenvalue weighted by atomic mass is 35.5. The Kier molecular flexibility index (Phi) is 2.98. The van der Waals surface area contributed by atoms with E-state index in [1.54, 1.807) is 0 Å². The molecular weight excluding hydrogens is 246 g/mol. The van der Waals surface area contributed by atoms with Gasteiger partial charge in [-0.05, 0) is 23.8 Å². The number of para-hydroxylation sites is 1. The first kappa shape index (κ1) is 11.6. The number of fused-ring (bicyclic) bond motifs is 1. The van der Waals surface area contributed by atoms with E-state index in [0.29, 0.717) is 6.42 Å². The molecule has 2 N–H and O–H groups in total. The first-order valence-electron chi connectivity index (χ1n) is 6.03. The molecule has 0 saturated heterocycles. The van der Waals surface area contributed by atoms with Gasteiger partial charge in [0.2, 0.25) is 0 Å². The lowest BCUT2D eigenvalue weighted by molar-refractivity contribution is 0.156. The van der Waals surface area contributed by atoms with Gasteiger partial charge in [-0.1, -0.05) is 41.9 Å². The van der Waals surface area contributed by atoms with Gasteiger partial charge in [0.05, 0.1) is 12.1 Å². The lowest BCUT2D eigenvalue weighted by Crippen LogP contribution is -2.21. The molecule has 1 aliphatic rings. The predicted molar refractivity (Wildman–Crippen MR) is 73.8 cm³/mol. The van der Waals surface area contributed by atoms with Crippen LogP contribution >= 0.6 is 11.6 Å². The smallest absolute Gasteiger partial charge is 0.0832 e. The van der Waals surface area contributed by atoms with E-state index in [1.807, 2.05) is 48.5 Å². The lowest BCUT2D eigenvalue weighted by Gasteiger charge is -2.31. The van der Waals surface area contributed by atoms with Crippen LogP contribution < -0.4 is 5.32 Å². The molecule has 3 heteroatoms. The molecule has 3 rings (SSSR count). The van der Waals surface area contributed by atoms with Crippen LogP contribution in [0.15, 0.2) is 48.5 Å². The maximum atomic E-state index is 10.2. The number of rotatable bonds is 1. The molecular formula is C15H14ClNO. The van der Waals surface area contributed by atoms with Crippen molar-refractivity contribution < 1.29 is 5.11 Å². The van der Waals surface area contributed by atoms with E-state index in [9.17, 15) is 5.11 Å². The second kappa shape index (κ2) is 4.63. The Balaban J connectivity index is 1.94. The molecule has 0 bridgehead atoms. The summed E-state index contributed by atoms with van der Waals surface area (Å²) >= 11 is 6.01. The third-order valence-corrected chi connectivity index (χ3v) is 3.59. The van der Waals surface area contributed by atoms with Crippen LogP contribution in [0, 0.1) is 0 Å². The summed E-state index contributed by atoms with van der Waals surface area (Å²) in [4.78, 5) is 0. The van der Waals surface area contributed by atoms with Gasteiger partial charge in [-0.25, -0.2) is 0 Å². The van der Waals surface area contributed by atoms with E-state index in [1.165, 1.54) is 0 Å². The van der Waals surface area contributed by atoms with Gasteiger partial charge in [-0.3, -0.25) is 0 Å². The van der Waals surface area contributed by atoms with E-state index in [4.69, 9.17) is 11.6 Å². The molecule has 2 aromatic carbocycles. The molecule has 1 heterocycles. The third-order valence-electron chi connectivity index (χ3n) is 3.36. The van der Waals surface area contributed by atoms with Crippen LogP contribution in [0.1, 0.15) is 29.7 Å². The van der Waals surface area contributed by atoms with Crippen molar-refractivity contribution in [3.05, 3.63) is 64.7 Å². The molecule has 1 aliphatic heterocycles. The third kappa shape index (κ3) is 2.09. The van der Waals surface area contributed by atoms with Crippen molar-refractivity contribution in [2.75, 3.05) is 5.32 Å². The molecule has 0 saturated carbocycles. The number of benzene rings is 2. The lowest BCUT2D eigenvalue weighted by atomic mass is 9.91. The zero-order chi connectivity index (χ0) is 12.5. The molecule has 0 spiro atoms. The summed E-state index contributed by atoms with van der Waals surface area (Å²) in [6.45, 7) is 0. The molecule has 0 radical (unpaired) electrons. The van der Waals surface area contributed by atoms with Crippen LogP contribution in [0.4, 0.5) is 5.69 Å². The summed E-state index contributed by atoms with van der Waals surface area (Å²) in [6, 6.07) is 15.8. The Morgan fingerprint density at radius 3 is 2.78 bits per heavy atom. The molecule has 2 atom stereocenters. The minimum absolute atomic E-state index is 0.105. The van der Waals surface area contributed by atoms with E-state index < -0.39 is 6.10 Å². The molecule has 0 fully saturated rings. The van der Waals surface area contributed by atoms with Gasteiger partial charge in [0, 0.05) is 22.7 Å². The van der Waals surface area contributed by atoms with Crippen LogP contribution in [-0.2, 0) is 0 Å². The molecule has 92 valence electrons. The fraction of sp³-hybridized carbons (Fsp3) is 0.200. The van der Waals surface area contributed by atoms with E-state index in [2.05, 4.69) is 5.32 Å². The van der Waals surface area contributed by atoms with Gasteiger partial charge in [0.25, 0.3) is 0 Å². The van der Waals surface area contributed by atoms with Crippen molar-refractivity contribution in [2.24, 2.45) is 0 Å². The van der Waals surface area contributed by atoms with Gasteiger partial charge in [-0.2, -0.15) is 0 Å². The fourth-order valence-electron chi connectivity index (χ4n) is 2.46. The fourth-order valence-corrected chi connectivity index (χ4v) is 2.66. The zero-order valence-corrected chi connectivity index (χ0v) is 10.6. The minimum Gasteiger partial charge on any atom is -0.388 e. The SMILES string of the molecule is OC1CC(c2cccc(Cl)c2)Nc2ccccc21. The summed E-state index contributed by atoms with van der Waals surface area (Å²) in [6.07, 6.45) is 0.239. The number of anilines is 1. The largest absolute Gasteiger partial charge is 0.388 e. The van der Waals surface area contributed by atoms with Gasteiger partial charge in [0.15, 0.2) is 0 Å². The number of hydrogen-bond acceptors (Lipinski definition) is 2. The highest BCUT2D eigenvalue weighted by Gasteiger charge is 2.25. The van der Waals surface area contributed by atoms with Crippen LogP contribution in [0.3, 0.4) is 0 Å². The summed E-state index contributed by atoms with van der Waals surface area (Å²) in [7, 11) is 0. The molecule has 0 aliphatic carbocycles. The average molecular weight is 260 g/mol. The number of hydrogen-bond donors (Lipinski definition) is 2. The summed E-state index contributed by atoms with van der Waals surface area (Å²) in [5.74, 6) is 0. The Labute approximate surface area is 111 Å². The zero-order valence-electron chi connectivity index (χ0n) is 9.81. The predicted octanol–water partition coefficient (Wildman–Crippen LogP) is 3.93. The van der Waals surface area contributed by atoms with Crippen molar-refractivity contribution in [3.63, 3.8) is 0 Å². The second-order valence-electron chi connectivity index (χ2n) is 4.59. The monoisotopic (exact) mass is 259 g/mol. The van der Waals surface area contributed by atoms with Crippen molar-refractivity contribution in [1.29, 1.82) is 0 Å². The number of halogens is 1. The van der Waals surface area contributed by atoms with Gasteiger partial charge >= 0.3 is 0 Å². The molecule has 2 unspecified atom stereocenters. The van der Waals surface area contributed by atoms with Crippen molar-refractivity contribution in [1.82, 2.24) is 0 Å². The van der Waals surface area contributed by atoms with Crippen LogP contribution in [0.5, 0.6) is 0 Å².